The largest absolute Gasteiger partial charge is 0.507 e. The molecule has 0 radical (unpaired) electrons. The number of aromatic hydroxyl groups is 1. The number of aliphatic hydroxyl groups is 1. The van der Waals surface area contributed by atoms with Gasteiger partial charge < -0.3 is 14.9 Å². The minimum Gasteiger partial charge on any atom is -0.507 e. The van der Waals surface area contributed by atoms with E-state index in [1.54, 1.807) is 0 Å². The first-order valence-electron chi connectivity index (χ1n) is 10.1. The quantitative estimate of drug-likeness (QED) is 0.625. The van der Waals surface area contributed by atoms with Crippen LogP contribution in [-0.4, -0.2) is 16.0 Å². The van der Waals surface area contributed by atoms with Gasteiger partial charge in [-0.3, -0.25) is 0 Å². The molecule has 1 heterocycles. The SMILES string of the molecule is CC(C)=C1CCC2(O)CC1c1c(O)cc(C3=CCCCCCC3)cc1O2. The second-order valence-electron chi connectivity index (χ2n) is 8.42. The molecule has 3 heteroatoms. The summed E-state index contributed by atoms with van der Waals surface area (Å²) in [5.74, 6) is -0.0621. The third kappa shape index (κ3) is 3.18. The fourth-order valence-corrected chi connectivity index (χ4v) is 4.91. The highest BCUT2D eigenvalue weighted by Gasteiger charge is 2.46. The Labute approximate surface area is 156 Å². The summed E-state index contributed by atoms with van der Waals surface area (Å²) in [5, 5.41) is 21.8. The van der Waals surface area contributed by atoms with Gasteiger partial charge in [-0.25, -0.2) is 0 Å². The number of rotatable bonds is 1. The van der Waals surface area contributed by atoms with E-state index < -0.39 is 5.79 Å². The Kier molecular flexibility index (Phi) is 4.60. The molecule has 1 aromatic carbocycles. The van der Waals surface area contributed by atoms with Gasteiger partial charge in [-0.1, -0.05) is 30.1 Å². The van der Waals surface area contributed by atoms with Gasteiger partial charge in [-0.15, -0.1) is 0 Å². The van der Waals surface area contributed by atoms with Crippen LogP contribution in [0.5, 0.6) is 11.5 Å². The Hall–Kier alpha value is -1.74. The van der Waals surface area contributed by atoms with Gasteiger partial charge in [0, 0.05) is 24.3 Å². The summed E-state index contributed by atoms with van der Waals surface area (Å²) in [6, 6.07) is 3.96. The smallest absolute Gasteiger partial charge is 0.209 e. The first-order valence-corrected chi connectivity index (χ1v) is 10.1. The van der Waals surface area contributed by atoms with E-state index in [1.807, 2.05) is 12.1 Å². The second kappa shape index (κ2) is 6.77. The molecule has 0 aromatic heterocycles. The summed E-state index contributed by atoms with van der Waals surface area (Å²) < 4.78 is 6.03. The fourth-order valence-electron chi connectivity index (χ4n) is 4.91. The molecule has 2 bridgehead atoms. The number of phenols is 1. The van der Waals surface area contributed by atoms with Crippen LogP contribution in [0.3, 0.4) is 0 Å². The van der Waals surface area contributed by atoms with Crippen molar-refractivity contribution in [3.05, 3.63) is 40.5 Å². The third-order valence-corrected chi connectivity index (χ3v) is 6.30. The van der Waals surface area contributed by atoms with E-state index in [0.29, 0.717) is 24.3 Å². The summed E-state index contributed by atoms with van der Waals surface area (Å²) in [6.07, 6.45) is 11.5. The summed E-state index contributed by atoms with van der Waals surface area (Å²) in [4.78, 5) is 0. The number of allylic oxidation sites excluding steroid dienone is 4. The Morgan fingerprint density at radius 3 is 2.73 bits per heavy atom. The van der Waals surface area contributed by atoms with Crippen molar-refractivity contribution in [2.45, 2.75) is 83.3 Å². The van der Waals surface area contributed by atoms with Crippen LogP contribution in [0.25, 0.3) is 5.57 Å². The molecule has 1 saturated carbocycles. The zero-order chi connectivity index (χ0) is 18.3. The number of hydrogen-bond acceptors (Lipinski definition) is 3. The van der Waals surface area contributed by atoms with Gasteiger partial charge in [0.1, 0.15) is 11.5 Å². The minimum atomic E-state index is -1.10. The monoisotopic (exact) mass is 354 g/mol. The molecule has 3 nitrogen and oxygen atoms in total. The molecule has 140 valence electrons. The Morgan fingerprint density at radius 1 is 1.12 bits per heavy atom. The Balaban J connectivity index is 1.78. The summed E-state index contributed by atoms with van der Waals surface area (Å²) in [5.41, 5.74) is 5.84. The zero-order valence-corrected chi connectivity index (χ0v) is 16.0. The maximum atomic E-state index is 10.9. The fraction of sp³-hybridized carbons (Fsp3) is 0.565. The summed E-state index contributed by atoms with van der Waals surface area (Å²) >= 11 is 0. The van der Waals surface area contributed by atoms with Gasteiger partial charge in [0.2, 0.25) is 5.79 Å². The van der Waals surface area contributed by atoms with Crippen LogP contribution in [0.1, 0.15) is 88.7 Å². The van der Waals surface area contributed by atoms with E-state index in [9.17, 15) is 10.2 Å². The van der Waals surface area contributed by atoms with Crippen LogP contribution in [0.4, 0.5) is 0 Å². The van der Waals surface area contributed by atoms with Crippen molar-refractivity contribution in [3.8, 4) is 11.5 Å². The van der Waals surface area contributed by atoms with Crippen LogP contribution in [0.15, 0.2) is 29.4 Å². The molecular weight excluding hydrogens is 324 g/mol. The lowest BCUT2D eigenvalue weighted by molar-refractivity contribution is -0.165. The standard InChI is InChI=1S/C23H30O3/c1-15(2)18-10-11-23(25)14-19(18)22-20(24)12-17(13-21(22)26-23)16-8-6-4-3-5-7-9-16/h8,12-13,19,24-25H,3-7,9-11,14H2,1-2H3. The van der Waals surface area contributed by atoms with E-state index in [2.05, 4.69) is 19.9 Å². The van der Waals surface area contributed by atoms with Crippen LogP contribution < -0.4 is 4.74 Å². The van der Waals surface area contributed by atoms with E-state index >= 15 is 0 Å². The van der Waals surface area contributed by atoms with Crippen molar-refractivity contribution in [2.24, 2.45) is 0 Å². The van der Waals surface area contributed by atoms with E-state index in [4.69, 9.17) is 4.74 Å². The van der Waals surface area contributed by atoms with Crippen molar-refractivity contribution in [1.29, 1.82) is 0 Å². The van der Waals surface area contributed by atoms with Gasteiger partial charge in [-0.2, -0.15) is 0 Å². The van der Waals surface area contributed by atoms with Crippen molar-refractivity contribution < 1.29 is 14.9 Å². The molecule has 26 heavy (non-hydrogen) atoms. The summed E-state index contributed by atoms with van der Waals surface area (Å²) in [6.45, 7) is 4.25. The Bertz CT molecular complexity index is 770. The van der Waals surface area contributed by atoms with Crippen LogP contribution >= 0.6 is 0 Å². The maximum absolute atomic E-state index is 10.9. The molecule has 1 fully saturated rings. The molecule has 2 aliphatic carbocycles. The number of ether oxygens (including phenoxy) is 1. The lowest BCUT2D eigenvalue weighted by Crippen LogP contribution is -2.44. The zero-order valence-electron chi connectivity index (χ0n) is 16.0. The molecule has 2 atom stereocenters. The molecule has 1 aliphatic heterocycles. The van der Waals surface area contributed by atoms with Crippen LogP contribution in [0, 0.1) is 0 Å². The molecule has 1 aromatic rings. The molecular formula is C23H30O3. The van der Waals surface area contributed by atoms with Gasteiger partial charge in [-0.05, 0) is 69.2 Å². The van der Waals surface area contributed by atoms with E-state index in [1.165, 1.54) is 42.4 Å². The van der Waals surface area contributed by atoms with Crippen LogP contribution in [0.2, 0.25) is 0 Å². The first-order chi connectivity index (χ1) is 12.5. The average Bonchev–Trinajstić information content (AvgIpc) is 2.52. The van der Waals surface area contributed by atoms with Crippen molar-refractivity contribution in [1.82, 2.24) is 0 Å². The Morgan fingerprint density at radius 2 is 1.92 bits per heavy atom. The number of fused-ring (bicyclic) bond motifs is 4. The molecule has 0 spiro atoms. The van der Waals surface area contributed by atoms with Crippen molar-refractivity contribution in [2.75, 3.05) is 0 Å². The first kappa shape index (κ1) is 17.7. The third-order valence-electron chi connectivity index (χ3n) is 6.30. The van der Waals surface area contributed by atoms with E-state index in [0.717, 1.165) is 30.4 Å². The highest BCUT2D eigenvalue weighted by atomic mass is 16.6. The number of hydrogen-bond donors (Lipinski definition) is 2. The molecule has 0 saturated heterocycles. The second-order valence-corrected chi connectivity index (χ2v) is 8.42. The van der Waals surface area contributed by atoms with Gasteiger partial charge in [0.05, 0.1) is 0 Å². The molecule has 4 rings (SSSR count). The van der Waals surface area contributed by atoms with Crippen molar-refractivity contribution >= 4 is 5.57 Å². The van der Waals surface area contributed by atoms with Gasteiger partial charge in [0.15, 0.2) is 0 Å². The minimum absolute atomic E-state index is 0.0582. The lowest BCUT2D eigenvalue weighted by atomic mass is 9.72. The van der Waals surface area contributed by atoms with E-state index in [-0.39, 0.29) is 5.92 Å². The lowest BCUT2D eigenvalue weighted by Gasteiger charge is -2.44. The predicted molar refractivity (Wildman–Crippen MR) is 104 cm³/mol. The number of phenolic OH excluding ortho intramolecular Hbond substituents is 1. The molecule has 2 unspecified atom stereocenters. The van der Waals surface area contributed by atoms with Gasteiger partial charge >= 0.3 is 0 Å². The van der Waals surface area contributed by atoms with Crippen LogP contribution in [-0.2, 0) is 0 Å². The predicted octanol–water partition coefficient (Wildman–Crippen LogP) is 5.81. The van der Waals surface area contributed by atoms with Gasteiger partial charge in [0.25, 0.3) is 0 Å². The number of benzene rings is 1. The van der Waals surface area contributed by atoms with Crippen molar-refractivity contribution in [3.63, 3.8) is 0 Å². The molecule has 0 amide bonds. The topological polar surface area (TPSA) is 49.7 Å². The highest BCUT2D eigenvalue weighted by molar-refractivity contribution is 5.70. The summed E-state index contributed by atoms with van der Waals surface area (Å²) in [7, 11) is 0. The molecule has 3 aliphatic rings. The highest BCUT2D eigenvalue weighted by Crippen LogP contribution is 2.54. The molecule has 2 N–H and O–H groups in total. The normalized spacial score (nSPS) is 28.3. The average molecular weight is 354 g/mol. The maximum Gasteiger partial charge on any atom is 0.209 e.